The Labute approximate surface area is 122 Å². The van der Waals surface area contributed by atoms with Crippen molar-refractivity contribution in [3.63, 3.8) is 0 Å². The molecule has 0 aromatic heterocycles. The molecule has 0 spiro atoms. The van der Waals surface area contributed by atoms with Crippen molar-refractivity contribution >= 4 is 11.6 Å². The zero-order valence-electron chi connectivity index (χ0n) is 11.6. The third-order valence-electron chi connectivity index (χ3n) is 2.73. The summed E-state index contributed by atoms with van der Waals surface area (Å²) in [6, 6.07) is 15.7. The van der Waals surface area contributed by atoms with Crippen molar-refractivity contribution in [1.82, 2.24) is 5.43 Å². The molecule has 0 saturated heterocycles. The number of benzene rings is 2. The van der Waals surface area contributed by atoms with Gasteiger partial charge < -0.3 is 9.84 Å². The number of rotatable bonds is 5. The van der Waals surface area contributed by atoms with E-state index >= 15 is 0 Å². The number of para-hydroxylation sites is 1. The molecule has 0 saturated carbocycles. The topological polar surface area (TPSA) is 70.9 Å². The molecule has 108 valence electrons. The molecule has 0 aliphatic rings. The summed E-state index contributed by atoms with van der Waals surface area (Å²) >= 11 is 0. The van der Waals surface area contributed by atoms with Gasteiger partial charge in [0.05, 0.1) is 5.71 Å². The summed E-state index contributed by atoms with van der Waals surface area (Å²) in [7, 11) is 0. The van der Waals surface area contributed by atoms with Crippen LogP contribution in [0.1, 0.15) is 12.5 Å². The minimum absolute atomic E-state index is 0.110. The SMILES string of the molecule is C/C(=N\NC(=O)COc1ccccc1)c1cccc(O)c1. The molecule has 0 unspecified atom stereocenters. The summed E-state index contributed by atoms with van der Waals surface area (Å²) in [6.45, 7) is 1.63. The van der Waals surface area contributed by atoms with E-state index in [9.17, 15) is 9.90 Å². The highest BCUT2D eigenvalue weighted by Gasteiger charge is 2.03. The summed E-state index contributed by atoms with van der Waals surface area (Å²) in [6.07, 6.45) is 0. The van der Waals surface area contributed by atoms with Crippen LogP contribution in [-0.2, 0) is 4.79 Å². The second kappa shape index (κ2) is 7.09. The second-order valence-corrected chi connectivity index (χ2v) is 4.38. The van der Waals surface area contributed by atoms with E-state index in [1.807, 2.05) is 18.2 Å². The first-order chi connectivity index (χ1) is 10.1. The first-order valence-corrected chi connectivity index (χ1v) is 6.45. The zero-order chi connectivity index (χ0) is 15.1. The molecule has 0 aliphatic heterocycles. The first-order valence-electron chi connectivity index (χ1n) is 6.45. The maximum atomic E-state index is 11.6. The Bertz CT molecular complexity index is 639. The smallest absolute Gasteiger partial charge is 0.277 e. The van der Waals surface area contributed by atoms with Gasteiger partial charge in [-0.3, -0.25) is 4.79 Å². The molecule has 2 aromatic rings. The van der Waals surface area contributed by atoms with Crippen LogP contribution in [0.4, 0.5) is 0 Å². The van der Waals surface area contributed by atoms with Crippen LogP contribution in [0.25, 0.3) is 0 Å². The van der Waals surface area contributed by atoms with Gasteiger partial charge in [0.1, 0.15) is 11.5 Å². The number of ether oxygens (including phenoxy) is 1. The van der Waals surface area contributed by atoms with Gasteiger partial charge in [0.15, 0.2) is 6.61 Å². The third-order valence-corrected chi connectivity index (χ3v) is 2.73. The summed E-state index contributed by atoms with van der Waals surface area (Å²) in [4.78, 5) is 11.6. The maximum absolute atomic E-state index is 11.6. The molecule has 2 rings (SSSR count). The molecule has 0 aliphatic carbocycles. The van der Waals surface area contributed by atoms with Crippen molar-refractivity contribution in [3.05, 3.63) is 60.2 Å². The van der Waals surface area contributed by atoms with Crippen molar-refractivity contribution in [1.29, 1.82) is 0 Å². The molecule has 1 amide bonds. The Balaban J connectivity index is 1.87. The van der Waals surface area contributed by atoms with Crippen molar-refractivity contribution in [2.75, 3.05) is 6.61 Å². The van der Waals surface area contributed by atoms with Crippen LogP contribution < -0.4 is 10.2 Å². The first kappa shape index (κ1) is 14.6. The van der Waals surface area contributed by atoms with Crippen LogP contribution in [0, 0.1) is 0 Å². The molecular formula is C16H16N2O3. The van der Waals surface area contributed by atoms with E-state index in [2.05, 4.69) is 10.5 Å². The van der Waals surface area contributed by atoms with Gasteiger partial charge in [-0.25, -0.2) is 5.43 Å². The lowest BCUT2D eigenvalue weighted by molar-refractivity contribution is -0.123. The van der Waals surface area contributed by atoms with Gasteiger partial charge in [0, 0.05) is 5.56 Å². The quantitative estimate of drug-likeness (QED) is 0.654. The number of phenols is 1. The molecule has 5 heteroatoms. The molecule has 2 N–H and O–H groups in total. The average Bonchev–Trinajstić information content (AvgIpc) is 2.51. The van der Waals surface area contributed by atoms with Gasteiger partial charge >= 0.3 is 0 Å². The van der Waals surface area contributed by atoms with Crippen LogP contribution >= 0.6 is 0 Å². The van der Waals surface area contributed by atoms with Gasteiger partial charge in [-0.05, 0) is 31.2 Å². The Morgan fingerprint density at radius 2 is 1.95 bits per heavy atom. The van der Waals surface area contributed by atoms with E-state index in [-0.39, 0.29) is 18.3 Å². The maximum Gasteiger partial charge on any atom is 0.277 e. The number of carbonyl (C=O) groups excluding carboxylic acids is 1. The number of hydrogen-bond acceptors (Lipinski definition) is 4. The molecule has 0 atom stereocenters. The fraction of sp³-hybridized carbons (Fsp3) is 0.125. The predicted molar refractivity (Wildman–Crippen MR) is 80.4 cm³/mol. The lowest BCUT2D eigenvalue weighted by atomic mass is 10.1. The predicted octanol–water partition coefficient (Wildman–Crippen LogP) is 2.31. The molecule has 2 aromatic carbocycles. The molecule has 0 bridgehead atoms. The van der Waals surface area contributed by atoms with Crippen molar-refractivity contribution in [3.8, 4) is 11.5 Å². The molecule has 0 radical (unpaired) electrons. The molecule has 0 fully saturated rings. The largest absolute Gasteiger partial charge is 0.508 e. The van der Waals surface area contributed by atoms with E-state index in [1.54, 1.807) is 43.3 Å². The Kier molecular flexibility index (Phi) is 4.93. The zero-order valence-corrected chi connectivity index (χ0v) is 11.6. The Morgan fingerprint density at radius 3 is 2.67 bits per heavy atom. The summed E-state index contributed by atoms with van der Waals surface area (Å²) < 4.78 is 5.30. The van der Waals surface area contributed by atoms with Crippen LogP contribution in [0.2, 0.25) is 0 Å². The van der Waals surface area contributed by atoms with Crippen LogP contribution in [0.5, 0.6) is 11.5 Å². The van der Waals surface area contributed by atoms with Crippen molar-refractivity contribution in [2.45, 2.75) is 6.92 Å². The van der Waals surface area contributed by atoms with Crippen molar-refractivity contribution < 1.29 is 14.6 Å². The van der Waals surface area contributed by atoms with Gasteiger partial charge in [-0.15, -0.1) is 0 Å². The highest BCUT2D eigenvalue weighted by atomic mass is 16.5. The van der Waals surface area contributed by atoms with E-state index in [1.165, 1.54) is 0 Å². The van der Waals surface area contributed by atoms with Gasteiger partial charge in [0.2, 0.25) is 0 Å². The van der Waals surface area contributed by atoms with Gasteiger partial charge in [-0.2, -0.15) is 5.10 Å². The van der Waals surface area contributed by atoms with Gasteiger partial charge in [0.25, 0.3) is 5.91 Å². The number of amides is 1. The number of nitrogens with one attached hydrogen (secondary N) is 1. The van der Waals surface area contributed by atoms with E-state index in [4.69, 9.17) is 4.74 Å². The van der Waals surface area contributed by atoms with E-state index < -0.39 is 0 Å². The summed E-state index contributed by atoms with van der Waals surface area (Å²) in [5.74, 6) is 0.431. The Morgan fingerprint density at radius 1 is 1.19 bits per heavy atom. The summed E-state index contributed by atoms with van der Waals surface area (Å²) in [5.41, 5.74) is 3.74. The minimum Gasteiger partial charge on any atom is -0.508 e. The standard InChI is InChI=1S/C16H16N2O3/c1-12(13-6-5-7-14(19)10-13)17-18-16(20)11-21-15-8-3-2-4-9-15/h2-10,19H,11H2,1H3,(H,18,20)/b17-12+. The molecular weight excluding hydrogens is 268 g/mol. The molecule has 5 nitrogen and oxygen atoms in total. The normalized spacial score (nSPS) is 11.0. The minimum atomic E-state index is -0.349. The molecule has 0 heterocycles. The number of phenolic OH excluding ortho intramolecular Hbond substituents is 1. The fourth-order valence-corrected chi connectivity index (χ4v) is 1.64. The van der Waals surface area contributed by atoms with Crippen molar-refractivity contribution in [2.24, 2.45) is 5.10 Å². The average molecular weight is 284 g/mol. The Hall–Kier alpha value is -2.82. The number of nitrogens with zero attached hydrogens (tertiary/aromatic N) is 1. The van der Waals surface area contributed by atoms with Crippen LogP contribution in [-0.4, -0.2) is 23.3 Å². The molecule has 21 heavy (non-hydrogen) atoms. The lowest BCUT2D eigenvalue weighted by Crippen LogP contribution is -2.25. The number of hydrogen-bond donors (Lipinski definition) is 2. The second-order valence-electron chi connectivity index (χ2n) is 4.38. The number of carbonyl (C=O) groups is 1. The highest BCUT2D eigenvalue weighted by molar-refractivity contribution is 5.99. The number of aromatic hydroxyl groups is 1. The van der Waals surface area contributed by atoms with Gasteiger partial charge in [-0.1, -0.05) is 30.3 Å². The fourth-order valence-electron chi connectivity index (χ4n) is 1.64. The summed E-state index contributed by atoms with van der Waals surface area (Å²) in [5, 5.41) is 13.4. The van der Waals surface area contributed by atoms with Crippen LogP contribution in [0.3, 0.4) is 0 Å². The van der Waals surface area contributed by atoms with E-state index in [0.29, 0.717) is 11.5 Å². The monoisotopic (exact) mass is 284 g/mol. The lowest BCUT2D eigenvalue weighted by Gasteiger charge is -2.05. The van der Waals surface area contributed by atoms with E-state index in [0.717, 1.165) is 5.56 Å². The highest BCUT2D eigenvalue weighted by Crippen LogP contribution is 2.11. The third kappa shape index (κ3) is 4.65. The number of hydrazone groups is 1. The van der Waals surface area contributed by atoms with Crippen LogP contribution in [0.15, 0.2) is 59.7 Å².